The summed E-state index contributed by atoms with van der Waals surface area (Å²) in [6.45, 7) is -0.508. The minimum atomic E-state index is -4.74. The van der Waals surface area contributed by atoms with Gasteiger partial charge < -0.3 is 15.3 Å². The molecule has 1 aromatic rings. The highest BCUT2D eigenvalue weighted by molar-refractivity contribution is 7.85. The molecular weight excluding hydrogens is 280 g/mol. The van der Waals surface area contributed by atoms with Gasteiger partial charge in [-0.3, -0.25) is 4.55 Å². The number of aliphatic hydroxyl groups excluding tert-OH is 1. The normalized spacial score (nSPS) is 11.3. The van der Waals surface area contributed by atoms with Crippen LogP contribution in [0, 0.1) is 0 Å². The molecule has 1 rings (SSSR count). The Bertz CT molecular complexity index is 596. The van der Waals surface area contributed by atoms with Crippen LogP contribution in [0.25, 0.3) is 0 Å². The molecule has 0 unspecified atom stereocenters. The zero-order chi connectivity index (χ0) is 14.8. The lowest BCUT2D eigenvalue weighted by Gasteiger charge is -2.10. The number of benzene rings is 1. The molecule has 0 saturated carbocycles. The van der Waals surface area contributed by atoms with Crippen LogP contribution in [0.2, 0.25) is 0 Å². The number of aromatic carboxylic acids is 2. The van der Waals surface area contributed by atoms with Crippen molar-refractivity contribution in [1.82, 2.24) is 0 Å². The Hall–Kier alpha value is -1.97. The minimum absolute atomic E-state index is 0.213. The SMILES string of the molecule is O=C(O)c1cc(S(=O)(=O)O)cc(C(=O)O)c1CCO. The van der Waals surface area contributed by atoms with E-state index in [1.165, 1.54) is 0 Å². The molecule has 0 aliphatic heterocycles. The molecule has 0 saturated heterocycles. The lowest BCUT2D eigenvalue weighted by Crippen LogP contribution is -2.14. The average molecular weight is 290 g/mol. The molecule has 0 radical (unpaired) electrons. The van der Waals surface area contributed by atoms with Crippen molar-refractivity contribution in [2.24, 2.45) is 0 Å². The number of rotatable bonds is 5. The second-order valence-electron chi connectivity index (χ2n) is 3.56. The van der Waals surface area contributed by atoms with E-state index >= 15 is 0 Å². The summed E-state index contributed by atoms with van der Waals surface area (Å²) in [7, 11) is -4.74. The zero-order valence-electron chi connectivity index (χ0n) is 9.40. The summed E-state index contributed by atoms with van der Waals surface area (Å²) in [6, 6.07) is 1.30. The topological polar surface area (TPSA) is 149 Å². The number of carboxylic acid groups (broad SMARTS) is 2. The van der Waals surface area contributed by atoms with Crippen molar-refractivity contribution in [3.05, 3.63) is 28.8 Å². The van der Waals surface area contributed by atoms with Crippen molar-refractivity contribution in [2.45, 2.75) is 11.3 Å². The number of aliphatic hydroxyl groups is 1. The van der Waals surface area contributed by atoms with Crippen LogP contribution in [0.15, 0.2) is 17.0 Å². The van der Waals surface area contributed by atoms with E-state index in [2.05, 4.69) is 0 Å². The fourth-order valence-corrected chi connectivity index (χ4v) is 2.09. The smallest absolute Gasteiger partial charge is 0.336 e. The van der Waals surface area contributed by atoms with Gasteiger partial charge in [0.05, 0.1) is 16.0 Å². The molecule has 0 aliphatic carbocycles. The van der Waals surface area contributed by atoms with Crippen LogP contribution in [0.3, 0.4) is 0 Å². The van der Waals surface area contributed by atoms with Crippen molar-refractivity contribution in [2.75, 3.05) is 6.61 Å². The van der Waals surface area contributed by atoms with Gasteiger partial charge in [-0.05, 0) is 24.1 Å². The second kappa shape index (κ2) is 5.34. The lowest BCUT2D eigenvalue weighted by molar-refractivity contribution is 0.0694. The molecule has 0 heterocycles. The number of hydrogen-bond acceptors (Lipinski definition) is 5. The zero-order valence-corrected chi connectivity index (χ0v) is 10.2. The summed E-state index contributed by atoms with van der Waals surface area (Å²) in [6.07, 6.45) is -0.269. The maximum Gasteiger partial charge on any atom is 0.336 e. The maximum atomic E-state index is 11.0. The molecule has 0 bridgehead atoms. The van der Waals surface area contributed by atoms with E-state index in [4.69, 9.17) is 19.9 Å². The Morgan fingerprint density at radius 1 is 1.05 bits per heavy atom. The van der Waals surface area contributed by atoms with Crippen molar-refractivity contribution in [3.63, 3.8) is 0 Å². The molecule has 19 heavy (non-hydrogen) atoms. The highest BCUT2D eigenvalue weighted by atomic mass is 32.2. The molecule has 0 aromatic heterocycles. The summed E-state index contributed by atoms with van der Waals surface area (Å²) < 4.78 is 30.8. The number of carboxylic acids is 2. The van der Waals surface area contributed by atoms with E-state index in [1.807, 2.05) is 0 Å². The Labute approximate surface area is 107 Å². The van der Waals surface area contributed by atoms with E-state index in [0.717, 1.165) is 0 Å². The van der Waals surface area contributed by atoms with E-state index < -0.39 is 44.7 Å². The summed E-state index contributed by atoms with van der Waals surface area (Å²) in [5.41, 5.74) is -1.40. The minimum Gasteiger partial charge on any atom is -0.478 e. The van der Waals surface area contributed by atoms with Gasteiger partial charge in [0, 0.05) is 6.61 Å². The molecule has 0 amide bonds. The van der Waals surface area contributed by atoms with Crippen LogP contribution in [-0.4, -0.2) is 46.8 Å². The van der Waals surface area contributed by atoms with E-state index in [1.54, 1.807) is 0 Å². The molecule has 104 valence electrons. The Morgan fingerprint density at radius 3 is 1.74 bits per heavy atom. The molecule has 4 N–H and O–H groups in total. The Balaban J connectivity index is 3.72. The third-order valence-electron chi connectivity index (χ3n) is 2.34. The predicted molar refractivity (Wildman–Crippen MR) is 61.0 cm³/mol. The highest BCUT2D eigenvalue weighted by Crippen LogP contribution is 2.22. The van der Waals surface area contributed by atoms with Crippen LogP contribution in [0.5, 0.6) is 0 Å². The second-order valence-corrected chi connectivity index (χ2v) is 4.98. The lowest BCUT2D eigenvalue weighted by atomic mass is 9.98. The molecule has 9 heteroatoms. The third-order valence-corrected chi connectivity index (χ3v) is 3.18. The van der Waals surface area contributed by atoms with E-state index in [-0.39, 0.29) is 12.0 Å². The van der Waals surface area contributed by atoms with Gasteiger partial charge in [0.2, 0.25) is 0 Å². The van der Waals surface area contributed by atoms with Gasteiger partial charge in [-0.15, -0.1) is 0 Å². The first kappa shape index (κ1) is 15.1. The van der Waals surface area contributed by atoms with Crippen LogP contribution in [0.1, 0.15) is 26.3 Å². The summed E-state index contributed by atoms with van der Waals surface area (Å²) >= 11 is 0. The van der Waals surface area contributed by atoms with Crippen molar-refractivity contribution < 1.29 is 37.9 Å². The van der Waals surface area contributed by atoms with Gasteiger partial charge in [0.25, 0.3) is 10.1 Å². The molecule has 0 fully saturated rings. The fourth-order valence-electron chi connectivity index (χ4n) is 1.56. The molecule has 0 atom stereocenters. The summed E-state index contributed by atoms with van der Waals surface area (Å²) in [4.78, 5) is 21.2. The standard InChI is InChI=1S/C10H10O8S/c11-2-1-6-7(9(12)13)3-5(19(16,17)18)4-8(6)10(14)15/h3-4,11H,1-2H2,(H,12,13)(H,14,15)(H,16,17,18). The third kappa shape index (κ3) is 3.28. The first-order valence-corrected chi connectivity index (χ1v) is 6.34. The molecular formula is C10H10O8S. The molecule has 0 spiro atoms. The van der Waals surface area contributed by atoms with Gasteiger partial charge >= 0.3 is 11.9 Å². The number of hydrogen-bond donors (Lipinski definition) is 4. The van der Waals surface area contributed by atoms with Crippen molar-refractivity contribution >= 4 is 22.1 Å². The van der Waals surface area contributed by atoms with Crippen molar-refractivity contribution in [3.8, 4) is 0 Å². The van der Waals surface area contributed by atoms with Gasteiger partial charge in [-0.1, -0.05) is 0 Å². The van der Waals surface area contributed by atoms with E-state index in [9.17, 15) is 18.0 Å². The Morgan fingerprint density at radius 2 is 1.47 bits per heavy atom. The largest absolute Gasteiger partial charge is 0.478 e. The van der Waals surface area contributed by atoms with E-state index in [0.29, 0.717) is 12.1 Å². The summed E-state index contributed by atoms with van der Waals surface area (Å²) in [5.74, 6) is -3.12. The van der Waals surface area contributed by atoms with Gasteiger partial charge in [-0.25, -0.2) is 9.59 Å². The summed E-state index contributed by atoms with van der Waals surface area (Å²) in [5, 5.41) is 26.7. The maximum absolute atomic E-state index is 11.0. The van der Waals surface area contributed by atoms with Gasteiger partial charge in [-0.2, -0.15) is 8.42 Å². The van der Waals surface area contributed by atoms with Crippen LogP contribution in [-0.2, 0) is 16.5 Å². The Kier molecular flexibility index (Phi) is 4.24. The van der Waals surface area contributed by atoms with Crippen LogP contribution >= 0.6 is 0 Å². The quantitative estimate of drug-likeness (QED) is 0.547. The molecule has 0 aliphatic rings. The van der Waals surface area contributed by atoms with Crippen LogP contribution < -0.4 is 0 Å². The first-order valence-electron chi connectivity index (χ1n) is 4.90. The predicted octanol–water partition coefficient (Wildman–Crippen LogP) is -0.135. The van der Waals surface area contributed by atoms with Gasteiger partial charge in [0.15, 0.2) is 0 Å². The first-order chi connectivity index (χ1) is 8.68. The highest BCUT2D eigenvalue weighted by Gasteiger charge is 2.23. The van der Waals surface area contributed by atoms with Gasteiger partial charge in [0.1, 0.15) is 0 Å². The van der Waals surface area contributed by atoms with Crippen LogP contribution in [0.4, 0.5) is 0 Å². The fraction of sp³-hybridized carbons (Fsp3) is 0.200. The average Bonchev–Trinajstić information content (AvgIpc) is 2.27. The monoisotopic (exact) mass is 290 g/mol. The molecule has 8 nitrogen and oxygen atoms in total. The van der Waals surface area contributed by atoms with Crippen molar-refractivity contribution in [1.29, 1.82) is 0 Å². The number of carbonyl (C=O) groups is 2. The molecule has 1 aromatic carbocycles.